The third-order valence-corrected chi connectivity index (χ3v) is 8.25. The van der Waals surface area contributed by atoms with Gasteiger partial charge in [0, 0.05) is 35.6 Å². The normalized spacial score (nSPS) is 17.3. The average Bonchev–Trinajstić information content (AvgIpc) is 3.47. The molecule has 8 heteroatoms. The zero-order chi connectivity index (χ0) is 23.7. The predicted octanol–water partition coefficient (Wildman–Crippen LogP) is 5.49. The number of hydrogen-bond donors (Lipinski definition) is 1. The molecule has 0 spiro atoms. The van der Waals surface area contributed by atoms with Crippen LogP contribution in [0.3, 0.4) is 0 Å². The second-order valence-corrected chi connectivity index (χ2v) is 10.5. The van der Waals surface area contributed by atoms with E-state index in [1.807, 2.05) is 18.2 Å². The summed E-state index contributed by atoms with van der Waals surface area (Å²) >= 11 is 1.72. The number of aromatic nitrogens is 2. The van der Waals surface area contributed by atoms with E-state index >= 15 is 0 Å². The maximum Gasteiger partial charge on any atom is 0.227 e. The molecule has 0 radical (unpaired) electrons. The Bertz CT molecular complexity index is 1180. The molecule has 2 aliphatic rings. The van der Waals surface area contributed by atoms with Crippen LogP contribution in [0, 0.1) is 19.8 Å². The van der Waals surface area contributed by atoms with Gasteiger partial charge in [-0.2, -0.15) is 0 Å². The van der Waals surface area contributed by atoms with Crippen LogP contribution in [-0.2, 0) is 4.79 Å². The average molecular weight is 481 g/mol. The summed E-state index contributed by atoms with van der Waals surface area (Å²) in [6.45, 7) is 5.88. The zero-order valence-electron chi connectivity index (χ0n) is 20.1. The first-order chi connectivity index (χ1) is 16.5. The van der Waals surface area contributed by atoms with Gasteiger partial charge in [0.2, 0.25) is 5.91 Å². The number of fused-ring (bicyclic) bond motifs is 1. The minimum absolute atomic E-state index is 0.0276. The Balaban J connectivity index is 1.23. The van der Waals surface area contributed by atoms with Crippen LogP contribution in [0.25, 0.3) is 10.2 Å². The number of methoxy groups -OCH3 is 1. The number of nitrogens with one attached hydrogen (secondary N) is 1. The molecule has 1 aliphatic heterocycles. The Morgan fingerprint density at radius 2 is 1.85 bits per heavy atom. The Morgan fingerprint density at radius 3 is 2.59 bits per heavy atom. The van der Waals surface area contributed by atoms with Crippen molar-refractivity contribution >= 4 is 39.0 Å². The monoisotopic (exact) mass is 480 g/mol. The second kappa shape index (κ2) is 9.78. The highest BCUT2D eigenvalue weighted by Gasteiger charge is 2.28. The summed E-state index contributed by atoms with van der Waals surface area (Å²) in [5.41, 5.74) is 2.01. The van der Waals surface area contributed by atoms with Crippen LogP contribution < -0.4 is 19.7 Å². The van der Waals surface area contributed by atoms with Gasteiger partial charge in [0.15, 0.2) is 11.5 Å². The Morgan fingerprint density at radius 1 is 1.09 bits per heavy atom. The lowest BCUT2D eigenvalue weighted by Crippen LogP contribution is -2.38. The molecule has 3 aromatic rings. The van der Waals surface area contributed by atoms with E-state index in [0.717, 1.165) is 60.5 Å². The maximum atomic E-state index is 13.1. The minimum Gasteiger partial charge on any atom is -0.493 e. The number of thiophene rings is 1. The van der Waals surface area contributed by atoms with Gasteiger partial charge < -0.3 is 19.7 Å². The number of ether oxygens (including phenoxy) is 2. The van der Waals surface area contributed by atoms with Gasteiger partial charge >= 0.3 is 0 Å². The van der Waals surface area contributed by atoms with E-state index in [1.165, 1.54) is 23.3 Å². The first kappa shape index (κ1) is 22.9. The molecule has 1 amide bonds. The summed E-state index contributed by atoms with van der Waals surface area (Å²) in [5, 5.41) is 4.26. The molecular formula is C26H32N4O3S. The number of aryl methyl sites for hydroxylation is 2. The summed E-state index contributed by atoms with van der Waals surface area (Å²) in [6.07, 6.45) is 8.02. The summed E-state index contributed by atoms with van der Waals surface area (Å²) < 4.78 is 11.7. The van der Waals surface area contributed by atoms with Crippen molar-refractivity contribution in [3.05, 3.63) is 35.0 Å². The van der Waals surface area contributed by atoms with Gasteiger partial charge in [-0.25, -0.2) is 9.97 Å². The molecule has 0 bridgehead atoms. The fourth-order valence-corrected chi connectivity index (χ4v) is 6.03. The predicted molar refractivity (Wildman–Crippen MR) is 136 cm³/mol. The highest BCUT2D eigenvalue weighted by Crippen LogP contribution is 2.37. The first-order valence-electron chi connectivity index (χ1n) is 12.1. The van der Waals surface area contributed by atoms with Crippen LogP contribution in [0.5, 0.6) is 11.5 Å². The fourth-order valence-electron chi connectivity index (χ4n) is 5.03. The number of benzene rings is 1. The molecule has 1 saturated carbocycles. The lowest BCUT2D eigenvalue weighted by atomic mass is 9.95. The Kier molecular flexibility index (Phi) is 6.59. The summed E-state index contributed by atoms with van der Waals surface area (Å²) in [7, 11) is 1.65. The second-order valence-electron chi connectivity index (χ2n) is 9.30. The van der Waals surface area contributed by atoms with Gasteiger partial charge in [0.05, 0.1) is 18.6 Å². The molecule has 2 fully saturated rings. The topological polar surface area (TPSA) is 76.6 Å². The lowest BCUT2D eigenvalue weighted by molar-refractivity contribution is -0.120. The molecule has 180 valence electrons. The summed E-state index contributed by atoms with van der Waals surface area (Å²) in [6, 6.07) is 5.64. The molecule has 1 aromatic carbocycles. The number of amides is 1. The van der Waals surface area contributed by atoms with Gasteiger partial charge in [-0.15, -0.1) is 11.3 Å². The van der Waals surface area contributed by atoms with Crippen LogP contribution in [0.2, 0.25) is 0 Å². The quantitative estimate of drug-likeness (QED) is 0.503. The van der Waals surface area contributed by atoms with Crippen LogP contribution >= 0.6 is 11.3 Å². The number of piperidine rings is 1. The van der Waals surface area contributed by atoms with Crippen LogP contribution in [-0.4, -0.2) is 42.2 Å². The van der Waals surface area contributed by atoms with E-state index in [-0.39, 0.29) is 17.9 Å². The van der Waals surface area contributed by atoms with Crippen molar-refractivity contribution in [2.75, 3.05) is 30.4 Å². The van der Waals surface area contributed by atoms with Gasteiger partial charge in [0.25, 0.3) is 0 Å². The molecule has 0 unspecified atom stereocenters. The van der Waals surface area contributed by atoms with Crippen LogP contribution in [0.1, 0.15) is 49.0 Å². The molecule has 3 heterocycles. The standard InChI is InChI=1S/C26H32N4O3S/c1-16-17(2)34-26-23(16)24(27-15-28-26)30-12-10-18(11-13-30)25(31)29-19-8-9-21(32-3)22(14-19)33-20-6-4-5-7-20/h8-9,14-15,18,20H,4-7,10-13H2,1-3H3,(H,29,31). The summed E-state index contributed by atoms with van der Waals surface area (Å²) in [4.78, 5) is 26.7. The van der Waals surface area contributed by atoms with Gasteiger partial charge in [-0.1, -0.05) is 0 Å². The largest absolute Gasteiger partial charge is 0.493 e. The smallest absolute Gasteiger partial charge is 0.227 e. The Labute approximate surface area is 204 Å². The molecule has 0 atom stereocenters. The van der Waals surface area contributed by atoms with Crippen molar-refractivity contribution in [3.63, 3.8) is 0 Å². The van der Waals surface area contributed by atoms with Crippen molar-refractivity contribution in [3.8, 4) is 11.5 Å². The van der Waals surface area contributed by atoms with Crippen LogP contribution in [0.15, 0.2) is 24.5 Å². The van der Waals surface area contributed by atoms with Gasteiger partial charge in [-0.05, 0) is 70.1 Å². The Hall–Kier alpha value is -2.87. The van der Waals surface area contributed by atoms with E-state index in [0.29, 0.717) is 11.5 Å². The van der Waals surface area contributed by atoms with E-state index in [4.69, 9.17) is 9.47 Å². The molecule has 5 rings (SSSR count). The van der Waals surface area contributed by atoms with E-state index in [1.54, 1.807) is 24.8 Å². The SMILES string of the molecule is COc1ccc(NC(=O)C2CCN(c3ncnc4sc(C)c(C)c34)CC2)cc1OC1CCCC1. The number of nitrogens with zero attached hydrogens (tertiary/aromatic N) is 3. The maximum absolute atomic E-state index is 13.1. The third kappa shape index (κ3) is 4.56. The van der Waals surface area contributed by atoms with Crippen molar-refractivity contribution < 1.29 is 14.3 Å². The van der Waals surface area contributed by atoms with Gasteiger partial charge in [0.1, 0.15) is 17.0 Å². The molecule has 7 nitrogen and oxygen atoms in total. The zero-order valence-corrected chi connectivity index (χ0v) is 20.9. The molecule has 34 heavy (non-hydrogen) atoms. The van der Waals surface area contributed by atoms with Crippen molar-refractivity contribution in [1.82, 2.24) is 9.97 Å². The van der Waals surface area contributed by atoms with E-state index < -0.39 is 0 Å². The number of carbonyl (C=O) groups is 1. The molecule has 1 N–H and O–H groups in total. The molecule has 1 saturated heterocycles. The first-order valence-corrected chi connectivity index (χ1v) is 13.0. The molecule has 1 aliphatic carbocycles. The van der Waals surface area contributed by atoms with Crippen molar-refractivity contribution in [2.24, 2.45) is 5.92 Å². The summed E-state index contributed by atoms with van der Waals surface area (Å²) in [5.74, 6) is 2.44. The number of rotatable bonds is 6. The lowest BCUT2D eigenvalue weighted by Gasteiger charge is -2.32. The highest BCUT2D eigenvalue weighted by atomic mass is 32.1. The van der Waals surface area contributed by atoms with Crippen molar-refractivity contribution in [1.29, 1.82) is 0 Å². The number of carbonyl (C=O) groups excluding carboxylic acids is 1. The van der Waals surface area contributed by atoms with Crippen LogP contribution in [0.4, 0.5) is 11.5 Å². The van der Waals surface area contributed by atoms with Gasteiger partial charge in [-0.3, -0.25) is 4.79 Å². The molecular weight excluding hydrogens is 448 g/mol. The van der Waals surface area contributed by atoms with E-state index in [9.17, 15) is 4.79 Å². The number of anilines is 2. The molecule has 2 aromatic heterocycles. The fraction of sp³-hybridized carbons (Fsp3) is 0.500. The van der Waals surface area contributed by atoms with E-state index in [2.05, 4.69) is 34.0 Å². The highest BCUT2D eigenvalue weighted by molar-refractivity contribution is 7.18. The van der Waals surface area contributed by atoms with Crippen molar-refractivity contribution in [2.45, 2.75) is 58.5 Å². The third-order valence-electron chi connectivity index (χ3n) is 7.14. The minimum atomic E-state index is -0.0276. The number of hydrogen-bond acceptors (Lipinski definition) is 7.